The van der Waals surface area contributed by atoms with Gasteiger partial charge in [0.2, 0.25) is 0 Å². The van der Waals surface area contributed by atoms with Crippen LogP contribution in [0.5, 0.6) is 0 Å². The van der Waals surface area contributed by atoms with Crippen molar-refractivity contribution in [3.63, 3.8) is 0 Å². The van der Waals surface area contributed by atoms with Gasteiger partial charge in [0.25, 0.3) is 5.69 Å². The van der Waals surface area contributed by atoms with Crippen LogP contribution >= 0.6 is 0 Å². The minimum atomic E-state index is -0.353. The number of H-pyrrole nitrogens is 1. The third-order valence-corrected chi connectivity index (χ3v) is 5.37. The van der Waals surface area contributed by atoms with E-state index in [1.54, 1.807) is 18.2 Å². The predicted octanol–water partition coefficient (Wildman–Crippen LogP) is 4.81. The Bertz CT molecular complexity index is 998. The van der Waals surface area contributed by atoms with Gasteiger partial charge in [-0.2, -0.15) is 0 Å². The van der Waals surface area contributed by atoms with E-state index in [2.05, 4.69) is 17.2 Å². The van der Waals surface area contributed by atoms with Crippen LogP contribution in [0.1, 0.15) is 42.6 Å². The average Bonchev–Trinajstić information content (AvgIpc) is 3.02. The van der Waals surface area contributed by atoms with Crippen molar-refractivity contribution in [3.8, 4) is 0 Å². The Labute approximate surface area is 156 Å². The van der Waals surface area contributed by atoms with Gasteiger partial charge in [0.1, 0.15) is 5.82 Å². The summed E-state index contributed by atoms with van der Waals surface area (Å²) in [7, 11) is 0. The molecule has 1 aliphatic carbocycles. The Balaban J connectivity index is 1.58. The molecule has 1 heterocycles. The van der Waals surface area contributed by atoms with Crippen molar-refractivity contribution in [1.82, 2.24) is 10.3 Å². The zero-order valence-electron chi connectivity index (χ0n) is 15.2. The van der Waals surface area contributed by atoms with Crippen LogP contribution in [0.25, 0.3) is 10.9 Å². The molecule has 6 heteroatoms. The number of nitrogens with zero attached hydrogens (tertiary/aromatic N) is 1. The molecule has 1 aromatic heterocycles. The summed E-state index contributed by atoms with van der Waals surface area (Å²) in [6, 6.07) is 12.1. The SMILES string of the molecule is C[C@H](Cc1ccccc1F)N[C@@H]1CCCc2c1[nH]c1ccc([N+](=O)[O-])cc21. The Morgan fingerprint density at radius 1 is 1.33 bits per heavy atom. The van der Waals surface area contributed by atoms with Gasteiger partial charge in [-0.15, -0.1) is 0 Å². The molecular weight excluding hydrogens is 345 g/mol. The smallest absolute Gasteiger partial charge is 0.270 e. The van der Waals surface area contributed by atoms with Gasteiger partial charge in [-0.05, 0) is 55.9 Å². The number of aryl methyl sites for hydroxylation is 1. The fourth-order valence-corrected chi connectivity index (χ4v) is 4.13. The molecule has 0 saturated carbocycles. The first-order valence-corrected chi connectivity index (χ1v) is 9.31. The molecule has 2 atom stereocenters. The predicted molar refractivity (Wildman–Crippen MR) is 103 cm³/mol. The van der Waals surface area contributed by atoms with Gasteiger partial charge in [-0.3, -0.25) is 10.1 Å². The first kappa shape index (κ1) is 17.7. The minimum absolute atomic E-state index is 0.110. The van der Waals surface area contributed by atoms with E-state index in [0.29, 0.717) is 12.0 Å². The lowest BCUT2D eigenvalue weighted by molar-refractivity contribution is -0.384. The zero-order valence-corrected chi connectivity index (χ0v) is 15.2. The number of non-ortho nitro benzene ring substituents is 1. The molecule has 27 heavy (non-hydrogen) atoms. The van der Waals surface area contributed by atoms with Crippen LogP contribution in [0.4, 0.5) is 10.1 Å². The number of halogens is 1. The van der Waals surface area contributed by atoms with Crippen molar-refractivity contribution in [2.75, 3.05) is 0 Å². The average molecular weight is 367 g/mol. The largest absolute Gasteiger partial charge is 0.357 e. The third kappa shape index (κ3) is 3.45. The van der Waals surface area contributed by atoms with Gasteiger partial charge in [-0.1, -0.05) is 18.2 Å². The van der Waals surface area contributed by atoms with E-state index < -0.39 is 0 Å². The monoisotopic (exact) mass is 367 g/mol. The van der Waals surface area contributed by atoms with E-state index in [1.807, 2.05) is 12.1 Å². The van der Waals surface area contributed by atoms with Crippen molar-refractivity contribution >= 4 is 16.6 Å². The van der Waals surface area contributed by atoms with E-state index in [9.17, 15) is 14.5 Å². The maximum absolute atomic E-state index is 13.9. The second-order valence-electron chi connectivity index (χ2n) is 7.31. The van der Waals surface area contributed by atoms with Crippen molar-refractivity contribution in [3.05, 3.63) is 75.2 Å². The summed E-state index contributed by atoms with van der Waals surface area (Å²) < 4.78 is 13.9. The highest BCUT2D eigenvalue weighted by Gasteiger charge is 2.26. The molecule has 0 unspecified atom stereocenters. The van der Waals surface area contributed by atoms with Gasteiger partial charge in [0.05, 0.1) is 4.92 Å². The summed E-state index contributed by atoms with van der Waals surface area (Å²) >= 11 is 0. The number of hydrogen-bond donors (Lipinski definition) is 2. The highest BCUT2D eigenvalue weighted by Crippen LogP contribution is 2.36. The van der Waals surface area contributed by atoms with Crippen molar-refractivity contribution in [1.29, 1.82) is 0 Å². The van der Waals surface area contributed by atoms with Gasteiger partial charge < -0.3 is 10.3 Å². The van der Waals surface area contributed by atoms with Gasteiger partial charge >= 0.3 is 0 Å². The van der Waals surface area contributed by atoms with E-state index in [-0.39, 0.29) is 28.5 Å². The lowest BCUT2D eigenvalue weighted by Crippen LogP contribution is -2.34. The van der Waals surface area contributed by atoms with E-state index in [1.165, 1.54) is 12.1 Å². The second kappa shape index (κ2) is 7.12. The number of fused-ring (bicyclic) bond motifs is 3. The summed E-state index contributed by atoms with van der Waals surface area (Å²) in [6.07, 6.45) is 3.54. The number of nitro benzene ring substituents is 1. The van der Waals surface area contributed by atoms with Crippen LogP contribution in [0.15, 0.2) is 42.5 Å². The molecule has 0 radical (unpaired) electrons. The summed E-state index contributed by atoms with van der Waals surface area (Å²) in [5.74, 6) is -0.173. The molecule has 0 aliphatic heterocycles. The maximum Gasteiger partial charge on any atom is 0.270 e. The quantitative estimate of drug-likeness (QED) is 0.502. The number of nitrogens with one attached hydrogen (secondary N) is 2. The van der Waals surface area contributed by atoms with Crippen molar-refractivity contribution in [2.45, 2.75) is 44.7 Å². The Morgan fingerprint density at radius 3 is 2.93 bits per heavy atom. The maximum atomic E-state index is 13.9. The number of nitro groups is 1. The molecule has 2 N–H and O–H groups in total. The fourth-order valence-electron chi connectivity index (χ4n) is 4.13. The standard InChI is InChI=1S/C21H22FN3O2/c1-13(11-14-5-2-3-7-18(14)22)23-20-8-4-6-16-17-12-15(25(26)27)9-10-19(17)24-21(16)20/h2-3,5,7,9-10,12-13,20,23-24H,4,6,8,11H2,1H3/t13-,20-/m1/s1. The Hall–Kier alpha value is -2.73. The van der Waals surface area contributed by atoms with Crippen LogP contribution < -0.4 is 5.32 Å². The molecule has 1 aliphatic rings. The van der Waals surface area contributed by atoms with Crippen LogP contribution in [0.3, 0.4) is 0 Å². The number of benzene rings is 2. The molecule has 2 aromatic carbocycles. The van der Waals surface area contributed by atoms with Gasteiger partial charge in [0.15, 0.2) is 0 Å². The van der Waals surface area contributed by atoms with Crippen molar-refractivity contribution < 1.29 is 9.31 Å². The molecular formula is C21H22FN3O2. The molecule has 5 nitrogen and oxygen atoms in total. The van der Waals surface area contributed by atoms with Crippen LogP contribution in [-0.4, -0.2) is 15.9 Å². The molecule has 0 spiro atoms. The molecule has 0 fully saturated rings. The molecule has 3 aromatic rings. The Morgan fingerprint density at radius 2 is 2.15 bits per heavy atom. The normalized spacial score (nSPS) is 17.6. The first-order valence-electron chi connectivity index (χ1n) is 9.31. The molecule has 140 valence electrons. The second-order valence-corrected chi connectivity index (χ2v) is 7.31. The highest BCUT2D eigenvalue weighted by atomic mass is 19.1. The molecule has 0 amide bonds. The molecule has 4 rings (SSSR count). The van der Waals surface area contributed by atoms with Gasteiger partial charge in [-0.25, -0.2) is 4.39 Å². The van der Waals surface area contributed by atoms with Crippen LogP contribution in [0, 0.1) is 15.9 Å². The van der Waals surface area contributed by atoms with Crippen LogP contribution in [0.2, 0.25) is 0 Å². The number of aromatic amines is 1. The zero-order chi connectivity index (χ0) is 19.0. The lowest BCUT2D eigenvalue weighted by Gasteiger charge is -2.27. The third-order valence-electron chi connectivity index (χ3n) is 5.37. The Kier molecular flexibility index (Phi) is 4.66. The highest BCUT2D eigenvalue weighted by molar-refractivity contribution is 5.87. The molecule has 0 saturated heterocycles. The van der Waals surface area contributed by atoms with Crippen LogP contribution in [-0.2, 0) is 12.8 Å². The van der Waals surface area contributed by atoms with Crippen molar-refractivity contribution in [2.24, 2.45) is 0 Å². The number of aromatic nitrogens is 1. The van der Waals surface area contributed by atoms with E-state index in [4.69, 9.17) is 0 Å². The summed E-state index contributed by atoms with van der Waals surface area (Å²) in [5, 5.41) is 15.7. The lowest BCUT2D eigenvalue weighted by atomic mass is 9.91. The minimum Gasteiger partial charge on any atom is -0.357 e. The van der Waals surface area contributed by atoms with E-state index >= 15 is 0 Å². The van der Waals surface area contributed by atoms with E-state index in [0.717, 1.165) is 41.4 Å². The summed E-state index contributed by atoms with van der Waals surface area (Å²) in [4.78, 5) is 14.2. The fraction of sp³-hybridized carbons (Fsp3) is 0.333. The summed E-state index contributed by atoms with van der Waals surface area (Å²) in [6.45, 7) is 2.06. The number of rotatable bonds is 5. The number of hydrogen-bond acceptors (Lipinski definition) is 3. The summed E-state index contributed by atoms with van der Waals surface area (Å²) in [5.41, 5.74) is 4.03. The topological polar surface area (TPSA) is 71.0 Å². The van der Waals surface area contributed by atoms with Gasteiger partial charge in [0, 0.05) is 40.8 Å². The molecule has 0 bridgehead atoms. The first-order chi connectivity index (χ1) is 13.0.